The molecule has 0 aromatic heterocycles. The van der Waals surface area contributed by atoms with Crippen LogP contribution in [-0.4, -0.2) is 66.2 Å². The molecule has 7 nitrogen and oxygen atoms in total. The van der Waals surface area contributed by atoms with Crippen molar-refractivity contribution < 1.29 is 24.2 Å². The number of urea groups is 1. The number of nitrogens with zero attached hydrogens (tertiary/aromatic N) is 2. The first-order valence-corrected chi connectivity index (χ1v) is 6.84. The van der Waals surface area contributed by atoms with Crippen LogP contribution >= 0.6 is 0 Å². The van der Waals surface area contributed by atoms with Crippen molar-refractivity contribution in [3.8, 4) is 0 Å². The van der Waals surface area contributed by atoms with Gasteiger partial charge in [0.2, 0.25) is 0 Å². The molecule has 1 heterocycles. The molecule has 114 valence electrons. The highest BCUT2D eigenvalue weighted by Gasteiger charge is 2.29. The molecule has 7 heteroatoms. The molecule has 1 aliphatic heterocycles. The molecule has 0 saturated carbocycles. The van der Waals surface area contributed by atoms with Gasteiger partial charge in [-0.1, -0.05) is 0 Å². The van der Waals surface area contributed by atoms with E-state index >= 15 is 0 Å². The zero-order valence-electron chi connectivity index (χ0n) is 12.0. The highest BCUT2D eigenvalue weighted by Crippen LogP contribution is 2.17. The lowest BCUT2D eigenvalue weighted by atomic mass is 9.99. The molecule has 20 heavy (non-hydrogen) atoms. The van der Waals surface area contributed by atoms with Crippen molar-refractivity contribution in [3.63, 3.8) is 0 Å². The quantitative estimate of drug-likeness (QED) is 0.755. The fraction of sp³-hybridized carbons (Fsp3) is 0.769. The van der Waals surface area contributed by atoms with Gasteiger partial charge in [0.15, 0.2) is 0 Å². The van der Waals surface area contributed by atoms with Gasteiger partial charge >= 0.3 is 18.0 Å². The van der Waals surface area contributed by atoms with Gasteiger partial charge < -0.3 is 19.6 Å². The number of amides is 2. The summed E-state index contributed by atoms with van der Waals surface area (Å²) >= 11 is 0. The second-order valence-electron chi connectivity index (χ2n) is 4.88. The summed E-state index contributed by atoms with van der Waals surface area (Å²) in [6.45, 7) is 3.12. The molecule has 0 radical (unpaired) electrons. The minimum Gasteiger partial charge on any atom is -0.481 e. The van der Waals surface area contributed by atoms with E-state index in [2.05, 4.69) is 0 Å². The van der Waals surface area contributed by atoms with Crippen molar-refractivity contribution in [2.45, 2.75) is 26.2 Å². The van der Waals surface area contributed by atoms with E-state index in [0.29, 0.717) is 26.0 Å². The molecule has 0 aliphatic carbocycles. The number of carboxylic acids is 1. The predicted molar refractivity (Wildman–Crippen MR) is 71.2 cm³/mol. The van der Waals surface area contributed by atoms with Crippen LogP contribution in [0.4, 0.5) is 4.79 Å². The number of carboxylic acid groups (broad SMARTS) is 1. The number of likely N-dealkylation sites (tertiary alicyclic amines) is 1. The summed E-state index contributed by atoms with van der Waals surface area (Å²) < 4.78 is 4.80. The van der Waals surface area contributed by atoms with Gasteiger partial charge in [0.1, 0.15) is 0 Å². The molecule has 1 N–H and O–H groups in total. The SMILES string of the molecule is CCOC(=O)CCN(C)C(=O)N1CCC[C@@H](C(=O)O)C1. The van der Waals surface area contributed by atoms with Crippen molar-refractivity contribution >= 4 is 18.0 Å². The summed E-state index contributed by atoms with van der Waals surface area (Å²) in [6.07, 6.45) is 1.44. The summed E-state index contributed by atoms with van der Waals surface area (Å²) in [5.74, 6) is -1.70. The van der Waals surface area contributed by atoms with E-state index in [-0.39, 0.29) is 31.5 Å². The standard InChI is InChI=1S/C13H22N2O5/c1-3-20-11(16)6-8-14(2)13(19)15-7-4-5-10(9-15)12(17)18/h10H,3-9H2,1-2H3,(H,17,18)/t10-/m1/s1. The molecule has 0 aromatic carbocycles. The maximum absolute atomic E-state index is 12.1. The zero-order chi connectivity index (χ0) is 15.1. The van der Waals surface area contributed by atoms with Crippen molar-refractivity contribution in [3.05, 3.63) is 0 Å². The van der Waals surface area contributed by atoms with Crippen molar-refractivity contribution in [1.82, 2.24) is 9.80 Å². The first kappa shape index (κ1) is 16.3. The van der Waals surface area contributed by atoms with Crippen LogP contribution in [-0.2, 0) is 14.3 Å². The van der Waals surface area contributed by atoms with Gasteiger partial charge in [0, 0.05) is 26.7 Å². The van der Waals surface area contributed by atoms with Crippen LogP contribution in [0.15, 0.2) is 0 Å². The van der Waals surface area contributed by atoms with E-state index in [4.69, 9.17) is 9.84 Å². The van der Waals surface area contributed by atoms with Gasteiger partial charge in [-0.3, -0.25) is 9.59 Å². The van der Waals surface area contributed by atoms with E-state index in [1.807, 2.05) is 0 Å². The van der Waals surface area contributed by atoms with Crippen LogP contribution in [0.5, 0.6) is 0 Å². The Balaban J connectivity index is 2.43. The maximum atomic E-state index is 12.1. The number of esters is 1. The monoisotopic (exact) mass is 286 g/mol. The number of hydrogen-bond acceptors (Lipinski definition) is 4. The molecule has 1 saturated heterocycles. The fourth-order valence-corrected chi connectivity index (χ4v) is 2.18. The first-order chi connectivity index (χ1) is 9.45. The highest BCUT2D eigenvalue weighted by molar-refractivity contribution is 5.77. The Kier molecular flexibility index (Phi) is 6.27. The summed E-state index contributed by atoms with van der Waals surface area (Å²) in [5.41, 5.74) is 0. The van der Waals surface area contributed by atoms with E-state index in [9.17, 15) is 14.4 Å². The Morgan fingerprint density at radius 2 is 2.10 bits per heavy atom. The smallest absolute Gasteiger partial charge is 0.319 e. The molecule has 2 amide bonds. The predicted octanol–water partition coefficient (Wildman–Crippen LogP) is 0.788. The Hall–Kier alpha value is -1.79. The third-order valence-corrected chi connectivity index (χ3v) is 3.32. The number of aliphatic carboxylic acids is 1. The van der Waals surface area contributed by atoms with Gasteiger partial charge in [0.05, 0.1) is 18.9 Å². The van der Waals surface area contributed by atoms with E-state index in [1.54, 1.807) is 14.0 Å². The lowest BCUT2D eigenvalue weighted by Gasteiger charge is -2.33. The molecule has 0 unspecified atom stereocenters. The summed E-state index contributed by atoms with van der Waals surface area (Å²) in [4.78, 5) is 37.3. The number of piperidine rings is 1. The van der Waals surface area contributed by atoms with Gasteiger partial charge in [0.25, 0.3) is 0 Å². The minimum absolute atomic E-state index is 0.145. The average Bonchev–Trinajstić information content (AvgIpc) is 2.44. The average molecular weight is 286 g/mol. The van der Waals surface area contributed by atoms with Crippen LogP contribution in [0.25, 0.3) is 0 Å². The molecule has 1 rings (SSSR count). The summed E-state index contributed by atoms with van der Waals surface area (Å²) in [6, 6.07) is -0.236. The molecular formula is C13H22N2O5. The molecule has 1 fully saturated rings. The Morgan fingerprint density at radius 1 is 1.40 bits per heavy atom. The second-order valence-corrected chi connectivity index (χ2v) is 4.88. The van der Waals surface area contributed by atoms with E-state index < -0.39 is 11.9 Å². The number of rotatable bonds is 5. The van der Waals surface area contributed by atoms with E-state index in [0.717, 1.165) is 0 Å². The molecule has 1 atom stereocenters. The van der Waals surface area contributed by atoms with Gasteiger partial charge in [-0.05, 0) is 19.8 Å². The third-order valence-electron chi connectivity index (χ3n) is 3.32. The van der Waals surface area contributed by atoms with E-state index in [1.165, 1.54) is 9.80 Å². The van der Waals surface area contributed by atoms with Crippen LogP contribution in [0.1, 0.15) is 26.2 Å². The third kappa shape index (κ3) is 4.71. The van der Waals surface area contributed by atoms with Crippen molar-refractivity contribution in [2.24, 2.45) is 5.92 Å². The molecular weight excluding hydrogens is 264 g/mol. The van der Waals surface area contributed by atoms with Gasteiger partial charge in [-0.25, -0.2) is 4.79 Å². The molecule has 1 aliphatic rings. The highest BCUT2D eigenvalue weighted by atomic mass is 16.5. The normalized spacial score (nSPS) is 18.5. The van der Waals surface area contributed by atoms with Crippen LogP contribution in [0.3, 0.4) is 0 Å². The largest absolute Gasteiger partial charge is 0.481 e. The van der Waals surface area contributed by atoms with Crippen LogP contribution in [0.2, 0.25) is 0 Å². The lowest BCUT2D eigenvalue weighted by molar-refractivity contribution is -0.143. The number of ether oxygens (including phenoxy) is 1. The van der Waals surface area contributed by atoms with Crippen LogP contribution < -0.4 is 0 Å². The number of carbonyl (C=O) groups is 3. The van der Waals surface area contributed by atoms with Crippen molar-refractivity contribution in [1.29, 1.82) is 0 Å². The zero-order valence-corrected chi connectivity index (χ0v) is 12.0. The lowest BCUT2D eigenvalue weighted by Crippen LogP contribution is -2.48. The molecule has 0 bridgehead atoms. The Morgan fingerprint density at radius 3 is 2.70 bits per heavy atom. The topological polar surface area (TPSA) is 87.2 Å². The van der Waals surface area contributed by atoms with Gasteiger partial charge in [-0.2, -0.15) is 0 Å². The second kappa shape index (κ2) is 7.72. The summed E-state index contributed by atoms with van der Waals surface area (Å²) in [7, 11) is 1.60. The first-order valence-electron chi connectivity index (χ1n) is 6.84. The summed E-state index contributed by atoms with van der Waals surface area (Å²) in [5, 5.41) is 9.00. The minimum atomic E-state index is -0.864. The molecule has 0 spiro atoms. The van der Waals surface area contributed by atoms with Gasteiger partial charge in [-0.15, -0.1) is 0 Å². The molecule has 0 aromatic rings. The van der Waals surface area contributed by atoms with Crippen LogP contribution in [0, 0.1) is 5.92 Å². The number of carbonyl (C=O) groups excluding carboxylic acids is 2. The Bertz CT molecular complexity index is 372. The number of hydrogen-bond donors (Lipinski definition) is 1. The maximum Gasteiger partial charge on any atom is 0.319 e. The van der Waals surface area contributed by atoms with Crippen molar-refractivity contribution in [2.75, 3.05) is 33.3 Å². The fourth-order valence-electron chi connectivity index (χ4n) is 2.18. The Labute approximate surface area is 118 Å².